The summed E-state index contributed by atoms with van der Waals surface area (Å²) in [5, 5.41) is 9.90. The summed E-state index contributed by atoms with van der Waals surface area (Å²) in [5.74, 6) is -0.921. The molecule has 92 valence electrons. The summed E-state index contributed by atoms with van der Waals surface area (Å²) in [4.78, 5) is 12.2. The van der Waals surface area contributed by atoms with Gasteiger partial charge in [-0.2, -0.15) is 0 Å². The fraction of sp³-hybridized carbons (Fsp3) is 0.0714. The van der Waals surface area contributed by atoms with Crippen molar-refractivity contribution in [1.29, 1.82) is 0 Å². The van der Waals surface area contributed by atoms with Crippen LogP contribution in [0.15, 0.2) is 47.4 Å². The Morgan fingerprint density at radius 3 is 2.39 bits per heavy atom. The number of halogens is 1. The van der Waals surface area contributed by atoms with Crippen LogP contribution >= 0.6 is 23.4 Å². The molecule has 0 saturated carbocycles. The molecule has 2 nitrogen and oxygen atoms in total. The van der Waals surface area contributed by atoms with E-state index in [9.17, 15) is 9.90 Å². The van der Waals surface area contributed by atoms with Gasteiger partial charge in [-0.05, 0) is 41.6 Å². The van der Waals surface area contributed by atoms with Gasteiger partial charge >= 0.3 is 5.97 Å². The van der Waals surface area contributed by atoms with Crippen molar-refractivity contribution in [2.45, 2.75) is 4.90 Å². The molecule has 0 fully saturated rings. The molecule has 0 aliphatic carbocycles. The lowest BCUT2D eigenvalue weighted by atomic mass is 10.00. The molecule has 0 bridgehead atoms. The number of aromatic carboxylic acids is 1. The van der Waals surface area contributed by atoms with Crippen molar-refractivity contribution < 1.29 is 9.90 Å². The predicted octanol–water partition coefficient (Wildman–Crippen LogP) is 4.43. The molecule has 2 rings (SSSR count). The first kappa shape index (κ1) is 13.0. The molecule has 0 aromatic heterocycles. The maximum absolute atomic E-state index is 11.3. The number of carboxylic acid groups (broad SMARTS) is 1. The zero-order valence-electron chi connectivity index (χ0n) is 9.68. The van der Waals surface area contributed by atoms with Gasteiger partial charge in [-0.1, -0.05) is 29.8 Å². The van der Waals surface area contributed by atoms with Gasteiger partial charge in [-0.3, -0.25) is 0 Å². The highest BCUT2D eigenvalue weighted by molar-refractivity contribution is 7.98. The van der Waals surface area contributed by atoms with E-state index in [4.69, 9.17) is 11.6 Å². The number of benzene rings is 2. The van der Waals surface area contributed by atoms with Crippen LogP contribution in [-0.4, -0.2) is 17.3 Å². The van der Waals surface area contributed by atoms with Gasteiger partial charge in [0, 0.05) is 9.92 Å². The first-order valence-corrected chi connectivity index (χ1v) is 6.89. The van der Waals surface area contributed by atoms with Gasteiger partial charge in [0.1, 0.15) is 0 Å². The van der Waals surface area contributed by atoms with E-state index in [0.29, 0.717) is 16.1 Å². The first-order valence-electron chi connectivity index (χ1n) is 5.29. The van der Waals surface area contributed by atoms with Crippen LogP contribution in [0.5, 0.6) is 0 Å². The van der Waals surface area contributed by atoms with E-state index in [2.05, 4.69) is 0 Å². The molecule has 2 aromatic rings. The lowest BCUT2D eigenvalue weighted by molar-refractivity contribution is 0.0697. The second-order valence-corrected chi connectivity index (χ2v) is 5.04. The van der Waals surface area contributed by atoms with Crippen molar-refractivity contribution >= 4 is 29.3 Å². The van der Waals surface area contributed by atoms with Gasteiger partial charge in [0.2, 0.25) is 0 Å². The number of carboxylic acids is 1. The average Bonchev–Trinajstić information content (AvgIpc) is 2.39. The fourth-order valence-electron chi connectivity index (χ4n) is 1.71. The van der Waals surface area contributed by atoms with E-state index in [1.54, 1.807) is 18.2 Å². The van der Waals surface area contributed by atoms with Gasteiger partial charge in [0.05, 0.1) is 5.56 Å². The quantitative estimate of drug-likeness (QED) is 0.844. The Morgan fingerprint density at radius 1 is 1.17 bits per heavy atom. The summed E-state index contributed by atoms with van der Waals surface area (Å²) < 4.78 is 0. The average molecular weight is 279 g/mol. The van der Waals surface area contributed by atoms with E-state index in [0.717, 1.165) is 10.5 Å². The zero-order chi connectivity index (χ0) is 13.1. The SMILES string of the molecule is CSc1ccc(-c2ccc(Cl)cc2)c(C(=O)O)c1. The maximum atomic E-state index is 11.3. The number of rotatable bonds is 3. The molecule has 4 heteroatoms. The standard InChI is InChI=1S/C14H11ClO2S/c1-18-11-6-7-12(13(8-11)14(16)17)9-2-4-10(15)5-3-9/h2-8H,1H3,(H,16,17). The third-order valence-corrected chi connectivity index (χ3v) is 3.59. The van der Waals surface area contributed by atoms with Crippen LogP contribution < -0.4 is 0 Å². The Bertz CT molecular complexity index is 579. The van der Waals surface area contributed by atoms with Crippen LogP contribution in [0.4, 0.5) is 0 Å². The summed E-state index contributed by atoms with van der Waals surface area (Å²) in [7, 11) is 0. The molecule has 18 heavy (non-hydrogen) atoms. The van der Waals surface area contributed by atoms with Crippen LogP contribution in [0.3, 0.4) is 0 Å². The molecule has 0 aliphatic heterocycles. The molecule has 0 radical (unpaired) electrons. The van der Waals surface area contributed by atoms with Gasteiger partial charge in [0.25, 0.3) is 0 Å². The summed E-state index contributed by atoms with van der Waals surface area (Å²) in [5.41, 5.74) is 1.87. The molecule has 0 atom stereocenters. The normalized spacial score (nSPS) is 10.3. The maximum Gasteiger partial charge on any atom is 0.336 e. The third-order valence-electron chi connectivity index (χ3n) is 2.61. The minimum atomic E-state index is -0.921. The number of hydrogen-bond acceptors (Lipinski definition) is 2. The summed E-state index contributed by atoms with van der Waals surface area (Å²) in [6.07, 6.45) is 1.92. The minimum Gasteiger partial charge on any atom is -0.478 e. The summed E-state index contributed by atoms with van der Waals surface area (Å²) in [6.45, 7) is 0. The molecule has 0 heterocycles. The molecule has 0 aliphatic rings. The van der Waals surface area contributed by atoms with E-state index in [1.165, 1.54) is 11.8 Å². The Balaban J connectivity index is 2.56. The van der Waals surface area contributed by atoms with Crippen molar-refractivity contribution in [3.63, 3.8) is 0 Å². The van der Waals surface area contributed by atoms with Crippen LogP contribution in [0.1, 0.15) is 10.4 Å². The Morgan fingerprint density at radius 2 is 1.83 bits per heavy atom. The number of hydrogen-bond donors (Lipinski definition) is 1. The van der Waals surface area contributed by atoms with E-state index < -0.39 is 5.97 Å². The molecule has 0 spiro atoms. The van der Waals surface area contributed by atoms with E-state index >= 15 is 0 Å². The minimum absolute atomic E-state index is 0.309. The van der Waals surface area contributed by atoms with Crippen LogP contribution in [0, 0.1) is 0 Å². The Hall–Kier alpha value is -1.45. The molecule has 1 N–H and O–H groups in total. The van der Waals surface area contributed by atoms with Crippen LogP contribution in [0.25, 0.3) is 11.1 Å². The molecular formula is C14H11ClO2S. The smallest absolute Gasteiger partial charge is 0.336 e. The lowest BCUT2D eigenvalue weighted by Crippen LogP contribution is -1.99. The first-order chi connectivity index (χ1) is 8.61. The molecular weight excluding hydrogens is 268 g/mol. The van der Waals surface area contributed by atoms with Crippen molar-refractivity contribution in [3.8, 4) is 11.1 Å². The van der Waals surface area contributed by atoms with Gasteiger partial charge in [-0.15, -0.1) is 11.8 Å². The summed E-state index contributed by atoms with van der Waals surface area (Å²) in [6, 6.07) is 12.6. The van der Waals surface area contributed by atoms with Gasteiger partial charge < -0.3 is 5.11 Å². The van der Waals surface area contributed by atoms with Gasteiger partial charge in [0.15, 0.2) is 0 Å². The second kappa shape index (κ2) is 5.46. The highest BCUT2D eigenvalue weighted by Crippen LogP contribution is 2.28. The third kappa shape index (κ3) is 2.68. The summed E-state index contributed by atoms with van der Waals surface area (Å²) >= 11 is 7.35. The van der Waals surface area contributed by atoms with E-state index in [-0.39, 0.29) is 0 Å². The highest BCUT2D eigenvalue weighted by atomic mass is 35.5. The van der Waals surface area contributed by atoms with Gasteiger partial charge in [-0.25, -0.2) is 4.79 Å². The van der Waals surface area contributed by atoms with Crippen molar-refractivity contribution in [3.05, 3.63) is 53.1 Å². The van der Waals surface area contributed by atoms with Crippen molar-refractivity contribution in [2.24, 2.45) is 0 Å². The monoisotopic (exact) mass is 278 g/mol. The number of thioether (sulfide) groups is 1. The molecule has 2 aromatic carbocycles. The Labute approximate surface area is 115 Å². The van der Waals surface area contributed by atoms with Crippen LogP contribution in [-0.2, 0) is 0 Å². The molecule has 0 saturated heterocycles. The second-order valence-electron chi connectivity index (χ2n) is 3.72. The zero-order valence-corrected chi connectivity index (χ0v) is 11.3. The predicted molar refractivity (Wildman–Crippen MR) is 75.6 cm³/mol. The lowest BCUT2D eigenvalue weighted by Gasteiger charge is -2.08. The molecule has 0 unspecified atom stereocenters. The highest BCUT2D eigenvalue weighted by Gasteiger charge is 2.12. The largest absolute Gasteiger partial charge is 0.478 e. The number of carbonyl (C=O) groups is 1. The van der Waals surface area contributed by atoms with Crippen molar-refractivity contribution in [1.82, 2.24) is 0 Å². The van der Waals surface area contributed by atoms with Crippen molar-refractivity contribution in [2.75, 3.05) is 6.26 Å². The topological polar surface area (TPSA) is 37.3 Å². The fourth-order valence-corrected chi connectivity index (χ4v) is 2.27. The van der Waals surface area contributed by atoms with E-state index in [1.807, 2.05) is 30.5 Å². The molecule has 0 amide bonds. The Kier molecular flexibility index (Phi) is 3.94. The van der Waals surface area contributed by atoms with Crippen LogP contribution in [0.2, 0.25) is 5.02 Å².